The number of carbonyl (C=O) groups is 4. The quantitative estimate of drug-likeness (QED) is 0.151. The summed E-state index contributed by atoms with van der Waals surface area (Å²) in [6.45, 7) is -0.897. The number of halogens is 3. The molecule has 0 bridgehead atoms. The molecule has 0 saturated carbocycles. The van der Waals surface area contributed by atoms with Gasteiger partial charge in [0.25, 0.3) is 0 Å². The Morgan fingerprint density at radius 2 is 1.64 bits per heavy atom. The van der Waals surface area contributed by atoms with E-state index in [2.05, 4.69) is 15.4 Å². The number of amides is 2. The first-order valence-corrected chi connectivity index (χ1v) is 16.6. The summed E-state index contributed by atoms with van der Waals surface area (Å²) in [5.74, 6) is -5.06. The van der Waals surface area contributed by atoms with Crippen molar-refractivity contribution in [2.75, 3.05) is 19.8 Å². The van der Waals surface area contributed by atoms with Crippen LogP contribution in [0, 0.1) is 0 Å². The number of fused-ring (bicyclic) bond motifs is 1. The van der Waals surface area contributed by atoms with E-state index in [0.29, 0.717) is 11.1 Å². The number of alkyl halides is 3. The Hall–Kier alpha value is -5.35. The smallest absolute Gasteiger partial charge is 0.422 e. The Kier molecular flexibility index (Phi) is 12.5. The van der Waals surface area contributed by atoms with Gasteiger partial charge in [0.2, 0.25) is 17.6 Å². The molecule has 1 aliphatic heterocycles. The molecule has 2 amide bonds. The van der Waals surface area contributed by atoms with Crippen molar-refractivity contribution in [2.24, 2.45) is 0 Å². The largest absolute Gasteiger partial charge is 0.456 e. The van der Waals surface area contributed by atoms with Gasteiger partial charge in [0, 0.05) is 35.7 Å². The van der Waals surface area contributed by atoms with E-state index >= 15 is 0 Å². The first-order valence-electron chi connectivity index (χ1n) is 16.6. The molecule has 5 rings (SSSR count). The topological polar surface area (TPSA) is 170 Å². The maximum atomic E-state index is 13.7. The highest BCUT2D eigenvalue weighted by Gasteiger charge is 2.55. The van der Waals surface area contributed by atoms with Crippen molar-refractivity contribution in [3.63, 3.8) is 0 Å². The highest BCUT2D eigenvalue weighted by atomic mass is 19.4. The van der Waals surface area contributed by atoms with Crippen LogP contribution in [0.15, 0.2) is 103 Å². The molecule has 0 radical (unpaired) electrons. The van der Waals surface area contributed by atoms with Crippen LogP contribution in [0.25, 0.3) is 6.08 Å². The third-order valence-corrected chi connectivity index (χ3v) is 8.31. The van der Waals surface area contributed by atoms with Crippen molar-refractivity contribution in [2.45, 2.75) is 55.8 Å². The summed E-state index contributed by atoms with van der Waals surface area (Å²) in [6.07, 6.45) is -5.78. The first kappa shape index (κ1) is 38.9. The molecular formula is C38H37F3N2O10. The molecule has 1 heterocycles. The van der Waals surface area contributed by atoms with E-state index in [0.717, 1.165) is 6.08 Å². The molecule has 1 saturated heterocycles. The highest BCUT2D eigenvalue weighted by Crippen LogP contribution is 2.47. The fraction of sp³-hybridized carbons (Fsp3) is 0.316. The fourth-order valence-corrected chi connectivity index (χ4v) is 5.86. The molecule has 3 aromatic rings. The Morgan fingerprint density at radius 1 is 0.981 bits per heavy atom. The van der Waals surface area contributed by atoms with Gasteiger partial charge in [0.05, 0.1) is 18.3 Å². The average Bonchev–Trinajstić information content (AvgIpc) is 3.56. The monoisotopic (exact) mass is 738 g/mol. The van der Waals surface area contributed by atoms with Crippen molar-refractivity contribution in [1.82, 2.24) is 10.6 Å². The predicted molar refractivity (Wildman–Crippen MR) is 182 cm³/mol. The average molecular weight is 739 g/mol. The number of rotatable bonds is 13. The van der Waals surface area contributed by atoms with Crippen LogP contribution in [-0.4, -0.2) is 90.4 Å². The normalized spacial score (nSPS) is 20.4. The number of hydrogen-bond acceptors (Lipinski definition) is 10. The summed E-state index contributed by atoms with van der Waals surface area (Å²) in [5.41, 5.74) is 1.60. The summed E-state index contributed by atoms with van der Waals surface area (Å²) in [7, 11) is 0. The lowest BCUT2D eigenvalue weighted by molar-refractivity contribution is -0.182. The molecule has 5 atom stereocenters. The van der Waals surface area contributed by atoms with E-state index in [1.165, 1.54) is 43.3 Å². The Labute approximate surface area is 302 Å². The standard InChI is InChI=1S/C38H37F3N2O10/c1-23(45)32(35(48)42-17-18-44)43-34(47)26-20-29(51-36(49)25-10-8-9-24(19-25)15-16-31(46)50-22-37(39,40)41)33-30(21-26)52-38(53-33,27-11-4-2-5-12-27)28-13-6-3-7-14-28/h2-16,19,21,23,29-30,32-33,44-45H,17-18,20,22H2,1H3,(H,42,48)(H,43,47)/t23-,29+,30+,32+,33-/m0/s1. The van der Waals surface area contributed by atoms with Crippen molar-refractivity contribution in [3.8, 4) is 0 Å². The summed E-state index contributed by atoms with van der Waals surface area (Å²) < 4.78 is 60.7. The maximum Gasteiger partial charge on any atom is 0.422 e. The minimum Gasteiger partial charge on any atom is -0.456 e. The molecule has 2 aliphatic rings. The van der Waals surface area contributed by atoms with Crippen LogP contribution in [0.4, 0.5) is 13.2 Å². The van der Waals surface area contributed by atoms with Gasteiger partial charge < -0.3 is 39.8 Å². The molecule has 1 aliphatic carbocycles. The predicted octanol–water partition coefficient (Wildman–Crippen LogP) is 3.32. The molecule has 53 heavy (non-hydrogen) atoms. The van der Waals surface area contributed by atoms with Gasteiger partial charge in [-0.05, 0) is 36.8 Å². The maximum absolute atomic E-state index is 13.7. The van der Waals surface area contributed by atoms with Crippen LogP contribution < -0.4 is 10.6 Å². The zero-order chi connectivity index (χ0) is 38.2. The van der Waals surface area contributed by atoms with Gasteiger partial charge in [-0.3, -0.25) is 9.59 Å². The molecular weight excluding hydrogens is 701 g/mol. The fourth-order valence-electron chi connectivity index (χ4n) is 5.86. The second-order valence-electron chi connectivity index (χ2n) is 12.2. The molecule has 280 valence electrons. The van der Waals surface area contributed by atoms with Crippen molar-refractivity contribution < 1.29 is 61.5 Å². The molecule has 4 N–H and O–H groups in total. The number of aliphatic hydroxyl groups excluding tert-OH is 2. The van der Waals surface area contributed by atoms with E-state index in [1.807, 2.05) is 12.1 Å². The molecule has 0 aromatic heterocycles. The lowest BCUT2D eigenvalue weighted by Crippen LogP contribution is -2.54. The Balaban J connectivity index is 1.44. The lowest BCUT2D eigenvalue weighted by Gasteiger charge is -2.31. The van der Waals surface area contributed by atoms with Crippen molar-refractivity contribution >= 4 is 29.8 Å². The minimum absolute atomic E-state index is 0.0129. The van der Waals surface area contributed by atoms with E-state index in [1.54, 1.807) is 48.5 Å². The Bertz CT molecular complexity index is 1790. The van der Waals surface area contributed by atoms with Gasteiger partial charge in [-0.2, -0.15) is 13.2 Å². The van der Waals surface area contributed by atoms with Crippen LogP contribution in [0.3, 0.4) is 0 Å². The molecule has 3 aromatic carbocycles. The van der Waals surface area contributed by atoms with E-state index in [9.17, 15) is 37.5 Å². The van der Waals surface area contributed by atoms with Gasteiger partial charge in [-0.25, -0.2) is 9.59 Å². The van der Waals surface area contributed by atoms with Crippen LogP contribution >= 0.6 is 0 Å². The van der Waals surface area contributed by atoms with Gasteiger partial charge in [-0.1, -0.05) is 72.8 Å². The number of hydrogen-bond donors (Lipinski definition) is 4. The summed E-state index contributed by atoms with van der Waals surface area (Å²) in [5, 5.41) is 24.3. The van der Waals surface area contributed by atoms with Gasteiger partial charge >= 0.3 is 18.1 Å². The number of carbonyl (C=O) groups excluding carboxylic acids is 4. The number of benzene rings is 3. The first-order chi connectivity index (χ1) is 25.3. The molecule has 1 fully saturated rings. The second kappa shape index (κ2) is 17.0. The zero-order valence-electron chi connectivity index (χ0n) is 28.3. The van der Waals surface area contributed by atoms with Crippen LogP contribution in [-0.2, 0) is 39.1 Å². The van der Waals surface area contributed by atoms with Gasteiger partial charge in [0.15, 0.2) is 6.61 Å². The third kappa shape index (κ3) is 9.75. The zero-order valence-corrected chi connectivity index (χ0v) is 28.3. The summed E-state index contributed by atoms with van der Waals surface area (Å²) in [4.78, 5) is 51.8. The van der Waals surface area contributed by atoms with Gasteiger partial charge in [0.1, 0.15) is 24.4 Å². The van der Waals surface area contributed by atoms with Crippen molar-refractivity contribution in [1.29, 1.82) is 0 Å². The summed E-state index contributed by atoms with van der Waals surface area (Å²) >= 11 is 0. The number of nitrogens with one attached hydrogen (secondary N) is 2. The lowest BCUT2D eigenvalue weighted by atomic mass is 9.91. The van der Waals surface area contributed by atoms with Crippen LogP contribution in [0.5, 0.6) is 0 Å². The van der Waals surface area contributed by atoms with Crippen LogP contribution in [0.2, 0.25) is 0 Å². The second-order valence-corrected chi connectivity index (χ2v) is 12.2. The molecule has 0 unspecified atom stereocenters. The van der Waals surface area contributed by atoms with E-state index < -0.39 is 72.8 Å². The molecule has 12 nitrogen and oxygen atoms in total. The number of ether oxygens (including phenoxy) is 4. The number of aliphatic hydroxyl groups is 2. The number of esters is 2. The molecule has 15 heteroatoms. The Morgan fingerprint density at radius 3 is 2.25 bits per heavy atom. The van der Waals surface area contributed by atoms with Crippen molar-refractivity contribution in [3.05, 3.63) is 125 Å². The van der Waals surface area contributed by atoms with Crippen LogP contribution in [0.1, 0.15) is 40.4 Å². The van der Waals surface area contributed by atoms with E-state index in [4.69, 9.17) is 19.3 Å². The summed E-state index contributed by atoms with van der Waals surface area (Å²) in [6, 6.07) is 22.4. The SMILES string of the molecule is C[C@H](O)[C@@H](NC(=O)C1=C[C@H]2OC(c3ccccc3)(c3ccccc3)O[C@H]2[C@H](OC(=O)c2cccc(C=CC(=O)OCC(F)(F)F)c2)C1)C(=O)NCCO. The minimum atomic E-state index is -4.69. The van der Waals surface area contributed by atoms with Gasteiger partial charge in [-0.15, -0.1) is 0 Å². The van der Waals surface area contributed by atoms with E-state index in [-0.39, 0.29) is 36.3 Å². The highest BCUT2D eigenvalue weighted by molar-refractivity contribution is 5.98. The molecule has 0 spiro atoms. The third-order valence-electron chi connectivity index (χ3n) is 8.31.